The van der Waals surface area contributed by atoms with Gasteiger partial charge in [-0.1, -0.05) is 13.0 Å². The number of sulfonamides is 1. The van der Waals surface area contributed by atoms with Crippen LogP contribution in [0.3, 0.4) is 0 Å². The molecule has 1 aromatic rings. The van der Waals surface area contributed by atoms with Gasteiger partial charge in [0.05, 0.1) is 11.3 Å². The second kappa shape index (κ2) is 6.26. The van der Waals surface area contributed by atoms with Gasteiger partial charge in [0.25, 0.3) is 5.91 Å². The highest BCUT2D eigenvalue weighted by molar-refractivity contribution is 7.89. The van der Waals surface area contributed by atoms with E-state index in [0.717, 1.165) is 12.8 Å². The van der Waals surface area contributed by atoms with Crippen molar-refractivity contribution in [1.82, 2.24) is 0 Å². The molecule has 1 spiro atoms. The topological polar surface area (TPSA) is 127 Å². The van der Waals surface area contributed by atoms with Gasteiger partial charge < -0.3 is 15.7 Å². The third-order valence-corrected chi connectivity index (χ3v) is 6.61. The first-order valence-corrected chi connectivity index (χ1v) is 10.1. The molecule has 7 nitrogen and oxygen atoms in total. The Morgan fingerprint density at radius 2 is 1.88 bits per heavy atom. The molecule has 1 aromatic carbocycles. The van der Waals surface area contributed by atoms with E-state index < -0.39 is 21.8 Å². The summed E-state index contributed by atoms with van der Waals surface area (Å²) in [5.41, 5.74) is 6.78. The average Bonchev–Trinajstić information content (AvgIpc) is 3.31. The van der Waals surface area contributed by atoms with Crippen LogP contribution in [-0.2, 0) is 10.0 Å². The number of hydrogen-bond donors (Lipinski definition) is 3. The number of hydrogen-bond acceptors (Lipinski definition) is 5. The summed E-state index contributed by atoms with van der Waals surface area (Å²) in [7, 11) is -4.10. The number of benzene rings is 1. The third-order valence-electron chi connectivity index (χ3n) is 5.61. The lowest BCUT2D eigenvalue weighted by Crippen LogP contribution is -2.37. The number of piperidine rings is 1. The maximum atomic E-state index is 12.4. The van der Waals surface area contributed by atoms with Crippen LogP contribution in [0.2, 0.25) is 0 Å². The molecule has 1 aliphatic heterocycles. The second-order valence-corrected chi connectivity index (χ2v) is 8.86. The van der Waals surface area contributed by atoms with Crippen molar-refractivity contribution < 1.29 is 18.3 Å². The van der Waals surface area contributed by atoms with Gasteiger partial charge >= 0.3 is 0 Å². The molecule has 2 fully saturated rings. The Kier molecular flexibility index (Phi) is 4.55. The zero-order valence-electron chi connectivity index (χ0n) is 14.4. The Morgan fingerprint density at radius 1 is 1.28 bits per heavy atom. The van der Waals surface area contributed by atoms with Gasteiger partial charge in [-0.15, -0.1) is 0 Å². The van der Waals surface area contributed by atoms with E-state index in [4.69, 9.17) is 10.9 Å². The van der Waals surface area contributed by atoms with Gasteiger partial charge in [0.1, 0.15) is 4.90 Å². The van der Waals surface area contributed by atoms with Gasteiger partial charge in [-0.3, -0.25) is 4.79 Å². The number of anilines is 1. The molecule has 5 N–H and O–H groups in total. The molecule has 0 radical (unpaired) electrons. The highest BCUT2D eigenvalue weighted by Crippen LogP contribution is 2.54. The van der Waals surface area contributed by atoms with Crippen molar-refractivity contribution in [3.63, 3.8) is 0 Å². The molecule has 1 heterocycles. The average molecular weight is 367 g/mol. The first kappa shape index (κ1) is 18.2. The summed E-state index contributed by atoms with van der Waals surface area (Å²) < 4.78 is 24.7. The highest BCUT2D eigenvalue weighted by atomic mass is 32.2. The van der Waals surface area contributed by atoms with E-state index in [2.05, 4.69) is 0 Å². The monoisotopic (exact) mass is 367 g/mol. The molecule has 2 aliphatic rings. The zero-order valence-corrected chi connectivity index (χ0v) is 15.2. The normalized spacial score (nSPS) is 20.5. The maximum absolute atomic E-state index is 12.4. The van der Waals surface area contributed by atoms with Crippen LogP contribution in [0.1, 0.15) is 54.4 Å². The molecule has 1 amide bonds. The molecule has 25 heavy (non-hydrogen) atoms. The Morgan fingerprint density at radius 3 is 2.32 bits per heavy atom. The number of carbonyl (C=O) groups excluding carboxylic acids is 1. The Labute approximate surface area is 148 Å². The molecule has 1 saturated heterocycles. The fourth-order valence-corrected chi connectivity index (χ4v) is 4.87. The van der Waals surface area contributed by atoms with Crippen molar-refractivity contribution in [2.24, 2.45) is 16.3 Å². The minimum Gasteiger partial charge on any atom is -0.396 e. The standard InChI is InChI=1S/C17H25N3O4S/c1-11(10-21)12-2-3-13(16(18)22)14(15(12)25(19,23)24)20-8-6-17(4-5-17)7-9-20/h2-3,11,21H,4-10H2,1H3,(H2,18,22)(H2,19,23,24). The summed E-state index contributed by atoms with van der Waals surface area (Å²) in [4.78, 5) is 13.8. The highest BCUT2D eigenvalue weighted by Gasteiger charge is 2.45. The molecule has 1 aliphatic carbocycles. The fraction of sp³-hybridized carbons (Fsp3) is 0.588. The van der Waals surface area contributed by atoms with Crippen molar-refractivity contribution in [1.29, 1.82) is 0 Å². The number of primary amides is 1. The summed E-state index contributed by atoms with van der Waals surface area (Å²) in [6.07, 6.45) is 4.37. The molecule has 0 bridgehead atoms. The van der Waals surface area contributed by atoms with E-state index in [0.29, 0.717) is 29.8 Å². The maximum Gasteiger partial charge on any atom is 0.250 e. The van der Waals surface area contributed by atoms with Crippen LogP contribution in [0.4, 0.5) is 5.69 Å². The Balaban J connectivity index is 2.16. The van der Waals surface area contributed by atoms with E-state index in [9.17, 15) is 18.3 Å². The second-order valence-electron chi connectivity index (χ2n) is 7.36. The van der Waals surface area contributed by atoms with E-state index in [1.165, 1.54) is 25.0 Å². The molecular weight excluding hydrogens is 342 g/mol. The van der Waals surface area contributed by atoms with Crippen LogP contribution >= 0.6 is 0 Å². The molecule has 1 atom stereocenters. The van der Waals surface area contributed by atoms with Crippen LogP contribution in [0.25, 0.3) is 0 Å². The SMILES string of the molecule is CC(CO)c1ccc(C(N)=O)c(N2CCC3(CC2)CC3)c1S(N)(=O)=O. The molecule has 3 rings (SSSR count). The number of carbonyl (C=O) groups is 1. The number of nitrogens with two attached hydrogens (primary N) is 2. The van der Waals surface area contributed by atoms with E-state index in [-0.39, 0.29) is 17.1 Å². The Hall–Kier alpha value is -1.64. The first-order valence-electron chi connectivity index (χ1n) is 8.54. The summed E-state index contributed by atoms with van der Waals surface area (Å²) in [5.74, 6) is -1.11. The van der Waals surface area contributed by atoms with E-state index in [1.54, 1.807) is 6.92 Å². The summed E-state index contributed by atoms with van der Waals surface area (Å²) in [6, 6.07) is 3.06. The number of aliphatic hydroxyl groups excluding tert-OH is 1. The molecule has 0 aromatic heterocycles. The molecular formula is C17H25N3O4S. The van der Waals surface area contributed by atoms with Crippen molar-refractivity contribution >= 4 is 21.6 Å². The van der Waals surface area contributed by atoms with Crippen molar-refractivity contribution in [3.05, 3.63) is 23.3 Å². The van der Waals surface area contributed by atoms with E-state index >= 15 is 0 Å². The van der Waals surface area contributed by atoms with Gasteiger partial charge in [0, 0.05) is 25.6 Å². The predicted molar refractivity (Wildman–Crippen MR) is 94.9 cm³/mol. The van der Waals surface area contributed by atoms with E-state index in [1.807, 2.05) is 4.90 Å². The van der Waals surface area contributed by atoms with Gasteiger partial charge in [0.2, 0.25) is 10.0 Å². The van der Waals surface area contributed by atoms with Crippen LogP contribution < -0.4 is 15.8 Å². The number of nitrogens with zero attached hydrogens (tertiary/aromatic N) is 1. The van der Waals surface area contributed by atoms with Crippen molar-refractivity contribution in [2.45, 2.75) is 43.4 Å². The van der Waals surface area contributed by atoms with Crippen LogP contribution in [0.5, 0.6) is 0 Å². The van der Waals surface area contributed by atoms with Gasteiger partial charge in [-0.2, -0.15) is 0 Å². The van der Waals surface area contributed by atoms with Crippen LogP contribution in [0.15, 0.2) is 17.0 Å². The molecule has 1 unspecified atom stereocenters. The minimum absolute atomic E-state index is 0.0860. The zero-order chi connectivity index (χ0) is 18.4. The predicted octanol–water partition coefficient (Wildman–Crippen LogP) is 0.909. The molecule has 138 valence electrons. The van der Waals surface area contributed by atoms with Crippen LogP contribution in [-0.4, -0.2) is 39.1 Å². The minimum atomic E-state index is -4.10. The summed E-state index contributed by atoms with van der Waals surface area (Å²) >= 11 is 0. The van der Waals surface area contributed by atoms with Gasteiger partial charge in [0.15, 0.2) is 0 Å². The van der Waals surface area contributed by atoms with Gasteiger partial charge in [-0.05, 0) is 42.7 Å². The fourth-order valence-electron chi connectivity index (χ4n) is 3.77. The third kappa shape index (κ3) is 3.38. The Bertz CT molecular complexity index is 792. The lowest BCUT2D eigenvalue weighted by Gasteiger charge is -2.36. The lowest BCUT2D eigenvalue weighted by molar-refractivity contribution is 0.100. The number of amides is 1. The molecule has 8 heteroatoms. The first-order chi connectivity index (χ1) is 11.7. The number of rotatable bonds is 5. The van der Waals surface area contributed by atoms with Crippen molar-refractivity contribution in [3.8, 4) is 0 Å². The number of primary sulfonamides is 1. The molecule has 1 saturated carbocycles. The summed E-state index contributed by atoms with van der Waals surface area (Å²) in [5, 5.41) is 15.0. The quantitative estimate of drug-likeness (QED) is 0.713. The smallest absolute Gasteiger partial charge is 0.250 e. The van der Waals surface area contributed by atoms with Crippen LogP contribution in [0, 0.1) is 5.41 Å². The largest absolute Gasteiger partial charge is 0.396 e. The van der Waals surface area contributed by atoms with Crippen molar-refractivity contribution in [2.75, 3.05) is 24.6 Å². The number of aliphatic hydroxyl groups is 1. The van der Waals surface area contributed by atoms with Gasteiger partial charge in [-0.25, -0.2) is 13.6 Å². The lowest BCUT2D eigenvalue weighted by atomic mass is 9.92. The summed E-state index contributed by atoms with van der Waals surface area (Å²) in [6.45, 7) is 2.83.